The van der Waals surface area contributed by atoms with Gasteiger partial charge in [0.15, 0.2) is 5.82 Å². The normalized spacial score (nSPS) is 16.2. The van der Waals surface area contributed by atoms with Crippen molar-refractivity contribution >= 4 is 38.9 Å². The van der Waals surface area contributed by atoms with Crippen LogP contribution in [-0.4, -0.2) is 26.6 Å². The number of carbonyl (C=O) groups excluding carboxylic acids is 1. The molecule has 3 rings (SSSR count). The van der Waals surface area contributed by atoms with Crippen LogP contribution in [0.25, 0.3) is 0 Å². The maximum absolute atomic E-state index is 13.8. The molecule has 0 saturated carbocycles. The molecule has 0 spiro atoms. The zero-order valence-electron chi connectivity index (χ0n) is 12.5. The van der Waals surface area contributed by atoms with Crippen LogP contribution in [0, 0.1) is 5.82 Å². The third-order valence-corrected chi connectivity index (χ3v) is 5.88. The Balaban J connectivity index is 1.78. The summed E-state index contributed by atoms with van der Waals surface area (Å²) in [6, 6.07) is 10.4. The molecular formula is C16H14ClFN2O3S. The van der Waals surface area contributed by atoms with Crippen molar-refractivity contribution in [2.75, 3.05) is 21.9 Å². The minimum Gasteiger partial charge on any atom is -0.319 e. The molecule has 0 aliphatic carbocycles. The number of hydrogen-bond donors (Lipinski definition) is 1. The molecule has 1 amide bonds. The Morgan fingerprint density at radius 1 is 1.17 bits per heavy atom. The average Bonchev–Trinajstić information content (AvgIpc) is 2.91. The summed E-state index contributed by atoms with van der Waals surface area (Å²) in [6.07, 6.45) is 0.582. The first-order chi connectivity index (χ1) is 11.4. The summed E-state index contributed by atoms with van der Waals surface area (Å²) >= 11 is 5.67. The van der Waals surface area contributed by atoms with Gasteiger partial charge in [0.1, 0.15) is 0 Å². The molecule has 1 aliphatic rings. The van der Waals surface area contributed by atoms with Gasteiger partial charge in [-0.15, -0.1) is 0 Å². The summed E-state index contributed by atoms with van der Waals surface area (Å²) in [7, 11) is -3.26. The molecule has 1 aliphatic heterocycles. The van der Waals surface area contributed by atoms with Crippen molar-refractivity contribution in [1.82, 2.24) is 0 Å². The van der Waals surface area contributed by atoms with Crippen LogP contribution >= 0.6 is 11.6 Å². The van der Waals surface area contributed by atoms with Crippen LogP contribution in [0.5, 0.6) is 0 Å². The number of nitrogens with one attached hydrogen (secondary N) is 1. The van der Waals surface area contributed by atoms with Crippen molar-refractivity contribution < 1.29 is 17.6 Å². The van der Waals surface area contributed by atoms with E-state index in [2.05, 4.69) is 5.32 Å². The molecule has 2 aromatic rings. The van der Waals surface area contributed by atoms with Gasteiger partial charge < -0.3 is 5.32 Å². The first kappa shape index (κ1) is 16.7. The van der Waals surface area contributed by atoms with Crippen LogP contribution in [0.15, 0.2) is 42.5 Å². The molecule has 1 fully saturated rings. The Labute approximate surface area is 144 Å². The van der Waals surface area contributed by atoms with E-state index in [1.807, 2.05) is 0 Å². The van der Waals surface area contributed by atoms with E-state index in [1.54, 1.807) is 12.1 Å². The lowest BCUT2D eigenvalue weighted by Gasteiger charge is -2.17. The summed E-state index contributed by atoms with van der Waals surface area (Å²) < 4.78 is 38.9. The number of halogens is 2. The van der Waals surface area contributed by atoms with Gasteiger partial charge in [-0.05, 0) is 42.8 Å². The Morgan fingerprint density at radius 3 is 2.50 bits per heavy atom. The van der Waals surface area contributed by atoms with Gasteiger partial charge >= 0.3 is 0 Å². The van der Waals surface area contributed by atoms with E-state index >= 15 is 0 Å². The van der Waals surface area contributed by atoms with Crippen molar-refractivity contribution in [2.45, 2.75) is 6.42 Å². The summed E-state index contributed by atoms with van der Waals surface area (Å²) in [5, 5.41) is 2.36. The number of carbonyl (C=O) groups is 1. The van der Waals surface area contributed by atoms with E-state index in [4.69, 9.17) is 11.6 Å². The van der Waals surface area contributed by atoms with E-state index in [0.29, 0.717) is 18.7 Å². The second-order valence-corrected chi connectivity index (χ2v) is 7.76. The maximum Gasteiger partial charge on any atom is 0.255 e. The fourth-order valence-electron chi connectivity index (χ4n) is 2.50. The van der Waals surface area contributed by atoms with E-state index in [0.717, 1.165) is 0 Å². The van der Waals surface area contributed by atoms with Gasteiger partial charge in [0.2, 0.25) is 10.0 Å². The minimum atomic E-state index is -3.26. The van der Waals surface area contributed by atoms with Crippen molar-refractivity contribution in [3.05, 3.63) is 58.9 Å². The van der Waals surface area contributed by atoms with E-state index < -0.39 is 21.7 Å². The van der Waals surface area contributed by atoms with Gasteiger partial charge in [0.25, 0.3) is 5.91 Å². The highest BCUT2D eigenvalue weighted by atomic mass is 35.5. The molecule has 2 aromatic carbocycles. The fourth-order valence-corrected chi connectivity index (χ4v) is 4.24. The Kier molecular flexibility index (Phi) is 4.47. The molecule has 0 aromatic heterocycles. The van der Waals surface area contributed by atoms with Crippen LogP contribution in [0.1, 0.15) is 16.8 Å². The predicted octanol–water partition coefficient (Wildman–Crippen LogP) is 3.27. The third kappa shape index (κ3) is 3.22. The highest BCUT2D eigenvalue weighted by Gasteiger charge is 2.28. The monoisotopic (exact) mass is 368 g/mol. The Morgan fingerprint density at radius 2 is 1.88 bits per heavy atom. The topological polar surface area (TPSA) is 66.5 Å². The number of amides is 1. The molecule has 0 radical (unpaired) electrons. The van der Waals surface area contributed by atoms with Crippen LogP contribution in [-0.2, 0) is 10.0 Å². The van der Waals surface area contributed by atoms with E-state index in [-0.39, 0.29) is 22.0 Å². The molecule has 0 unspecified atom stereocenters. The molecule has 0 bridgehead atoms. The average molecular weight is 369 g/mol. The van der Waals surface area contributed by atoms with Gasteiger partial charge in [0, 0.05) is 12.1 Å². The van der Waals surface area contributed by atoms with Crippen molar-refractivity contribution in [3.63, 3.8) is 0 Å². The van der Waals surface area contributed by atoms with Gasteiger partial charge in [-0.2, -0.15) is 0 Å². The maximum atomic E-state index is 13.8. The Bertz CT molecular complexity index is 885. The summed E-state index contributed by atoms with van der Waals surface area (Å²) in [5.74, 6) is -1.08. The van der Waals surface area contributed by atoms with E-state index in [9.17, 15) is 17.6 Å². The lowest BCUT2D eigenvalue weighted by atomic mass is 10.2. The van der Waals surface area contributed by atoms with Crippen molar-refractivity contribution in [3.8, 4) is 0 Å². The highest BCUT2D eigenvalue weighted by molar-refractivity contribution is 7.93. The molecule has 24 heavy (non-hydrogen) atoms. The first-order valence-electron chi connectivity index (χ1n) is 7.24. The van der Waals surface area contributed by atoms with Crippen LogP contribution in [0.2, 0.25) is 5.02 Å². The molecule has 1 heterocycles. The van der Waals surface area contributed by atoms with Crippen LogP contribution in [0.3, 0.4) is 0 Å². The van der Waals surface area contributed by atoms with Gasteiger partial charge in [-0.1, -0.05) is 17.7 Å². The predicted molar refractivity (Wildman–Crippen MR) is 91.6 cm³/mol. The van der Waals surface area contributed by atoms with Gasteiger partial charge in [-0.25, -0.2) is 12.8 Å². The van der Waals surface area contributed by atoms with Gasteiger partial charge in [0.05, 0.1) is 22.2 Å². The molecule has 5 nitrogen and oxygen atoms in total. The van der Waals surface area contributed by atoms with Crippen molar-refractivity contribution in [1.29, 1.82) is 0 Å². The second-order valence-electron chi connectivity index (χ2n) is 5.34. The summed E-state index contributed by atoms with van der Waals surface area (Å²) in [5.41, 5.74) is 0.784. The summed E-state index contributed by atoms with van der Waals surface area (Å²) in [4.78, 5) is 12.2. The lowest BCUT2D eigenvalue weighted by molar-refractivity contribution is 0.102. The zero-order chi connectivity index (χ0) is 17.3. The number of benzene rings is 2. The molecule has 1 saturated heterocycles. The molecule has 1 N–H and O–H groups in total. The minimum absolute atomic E-state index is 0.0151. The largest absolute Gasteiger partial charge is 0.319 e. The highest BCUT2D eigenvalue weighted by Crippen LogP contribution is 2.25. The summed E-state index contributed by atoms with van der Waals surface area (Å²) in [6.45, 7) is 0.432. The number of hydrogen-bond acceptors (Lipinski definition) is 3. The smallest absolute Gasteiger partial charge is 0.255 e. The second kappa shape index (κ2) is 6.41. The third-order valence-electron chi connectivity index (χ3n) is 3.72. The molecular weight excluding hydrogens is 355 g/mol. The van der Waals surface area contributed by atoms with Crippen molar-refractivity contribution in [2.24, 2.45) is 0 Å². The van der Waals surface area contributed by atoms with Crippen LogP contribution < -0.4 is 9.62 Å². The Hall–Kier alpha value is -2.12. The molecule has 0 atom stereocenters. The first-order valence-corrected chi connectivity index (χ1v) is 9.23. The van der Waals surface area contributed by atoms with Crippen LogP contribution in [0.4, 0.5) is 15.8 Å². The zero-order valence-corrected chi connectivity index (χ0v) is 14.1. The quantitative estimate of drug-likeness (QED) is 0.904. The molecule has 126 valence electrons. The number of anilines is 2. The fraction of sp³-hybridized carbons (Fsp3) is 0.188. The van der Waals surface area contributed by atoms with E-state index in [1.165, 1.54) is 34.6 Å². The van der Waals surface area contributed by atoms with Gasteiger partial charge in [-0.3, -0.25) is 9.10 Å². The SMILES string of the molecule is O=C(Nc1cccc(Cl)c1F)c1ccc(N2CCCS2(=O)=O)cc1. The molecule has 8 heteroatoms. The lowest BCUT2D eigenvalue weighted by Crippen LogP contribution is -2.25. The standard InChI is InChI=1S/C16H14ClFN2O3S/c17-13-3-1-4-14(15(13)18)19-16(21)11-5-7-12(8-6-11)20-9-2-10-24(20,22)23/h1,3-8H,2,9-10H2,(H,19,21). The number of sulfonamides is 1. The number of nitrogens with zero attached hydrogens (tertiary/aromatic N) is 1. The number of rotatable bonds is 3.